The minimum Gasteiger partial charge on any atom is -0.481 e. The summed E-state index contributed by atoms with van der Waals surface area (Å²) in [5.74, 6) is -0.945. The number of carbonyl (C=O) groups is 2. The molecule has 1 aromatic carbocycles. The number of rotatable bonds is 4. The molecule has 0 aromatic heterocycles. The molecule has 2 unspecified atom stereocenters. The van der Waals surface area contributed by atoms with Gasteiger partial charge in [-0.15, -0.1) is 0 Å². The van der Waals surface area contributed by atoms with Crippen molar-refractivity contribution in [3.63, 3.8) is 0 Å². The summed E-state index contributed by atoms with van der Waals surface area (Å²) < 4.78 is 13.1. The monoisotopic (exact) mass is 373 g/mol. The molecule has 27 heavy (non-hydrogen) atoms. The average molecular weight is 373 g/mol. The number of amides is 1. The largest absolute Gasteiger partial charge is 0.481 e. The van der Waals surface area contributed by atoms with Gasteiger partial charge in [0.15, 0.2) is 0 Å². The van der Waals surface area contributed by atoms with Crippen LogP contribution in [0.2, 0.25) is 0 Å². The van der Waals surface area contributed by atoms with E-state index in [9.17, 15) is 19.1 Å². The number of piperidine rings is 1. The van der Waals surface area contributed by atoms with Gasteiger partial charge >= 0.3 is 5.97 Å². The Morgan fingerprint density at radius 1 is 1.07 bits per heavy atom. The third kappa shape index (κ3) is 4.96. The quantitative estimate of drug-likeness (QED) is 0.798. The number of likely N-dealkylation sites (tertiary alicyclic amines) is 1. The molecule has 1 saturated heterocycles. The predicted molar refractivity (Wildman–Crippen MR) is 102 cm³/mol. The molecule has 2 aliphatic rings. The maximum absolute atomic E-state index is 13.1. The van der Waals surface area contributed by atoms with Crippen LogP contribution in [0, 0.1) is 23.6 Å². The highest BCUT2D eigenvalue weighted by Crippen LogP contribution is 2.37. The first-order chi connectivity index (χ1) is 12.9. The van der Waals surface area contributed by atoms with Gasteiger partial charge in [-0.2, -0.15) is 0 Å². The SMILES string of the molecule is C/C(=C\c1ccc(F)cc1)C(=O)N1CC(C(=O)O)CC(C2CCCCC2)C1. The predicted octanol–water partition coefficient (Wildman–Crippen LogP) is 4.36. The number of nitrogens with zero attached hydrogens (tertiary/aromatic N) is 1. The molecule has 1 N–H and O–H groups in total. The summed E-state index contributed by atoms with van der Waals surface area (Å²) in [4.78, 5) is 26.3. The number of halogens is 1. The lowest BCUT2D eigenvalue weighted by atomic mass is 9.74. The maximum atomic E-state index is 13.1. The summed E-state index contributed by atoms with van der Waals surface area (Å²) in [6.45, 7) is 2.65. The van der Waals surface area contributed by atoms with E-state index in [4.69, 9.17) is 0 Å². The van der Waals surface area contributed by atoms with Gasteiger partial charge in [0, 0.05) is 18.7 Å². The Morgan fingerprint density at radius 2 is 1.74 bits per heavy atom. The molecule has 2 fully saturated rings. The molecule has 5 heteroatoms. The van der Waals surface area contributed by atoms with Crippen molar-refractivity contribution in [3.05, 3.63) is 41.2 Å². The lowest BCUT2D eigenvalue weighted by Crippen LogP contribution is -2.48. The Bertz CT molecular complexity index is 707. The highest BCUT2D eigenvalue weighted by Gasteiger charge is 2.37. The van der Waals surface area contributed by atoms with Gasteiger partial charge < -0.3 is 10.0 Å². The molecular weight excluding hydrogens is 345 g/mol. The molecule has 3 rings (SSSR count). The van der Waals surface area contributed by atoms with Crippen molar-refractivity contribution in [1.82, 2.24) is 4.90 Å². The topological polar surface area (TPSA) is 57.6 Å². The van der Waals surface area contributed by atoms with Gasteiger partial charge in [-0.25, -0.2) is 4.39 Å². The summed E-state index contributed by atoms with van der Waals surface area (Å²) in [6.07, 6.45) is 8.36. The summed E-state index contributed by atoms with van der Waals surface area (Å²) in [6, 6.07) is 5.99. The van der Waals surface area contributed by atoms with Crippen molar-refractivity contribution in [2.24, 2.45) is 17.8 Å². The Morgan fingerprint density at radius 3 is 2.37 bits per heavy atom. The van der Waals surface area contributed by atoms with Gasteiger partial charge in [-0.1, -0.05) is 44.2 Å². The second-order valence-electron chi connectivity index (χ2n) is 8.02. The lowest BCUT2D eigenvalue weighted by Gasteiger charge is -2.41. The number of carboxylic acid groups (broad SMARTS) is 1. The lowest BCUT2D eigenvalue weighted by molar-refractivity contribution is -0.147. The normalized spacial score (nSPS) is 24.7. The van der Waals surface area contributed by atoms with Crippen molar-refractivity contribution in [2.45, 2.75) is 45.4 Å². The number of carboxylic acids is 1. The number of benzene rings is 1. The Balaban J connectivity index is 1.74. The van der Waals surface area contributed by atoms with Gasteiger partial charge in [0.1, 0.15) is 5.82 Å². The van der Waals surface area contributed by atoms with E-state index in [2.05, 4.69) is 0 Å². The van der Waals surface area contributed by atoms with E-state index < -0.39 is 11.9 Å². The second-order valence-corrected chi connectivity index (χ2v) is 8.02. The second kappa shape index (κ2) is 8.68. The number of carbonyl (C=O) groups excluding carboxylic acids is 1. The van der Waals surface area contributed by atoms with Gasteiger partial charge in [0.05, 0.1) is 5.92 Å². The van der Waals surface area contributed by atoms with Crippen LogP contribution in [0.3, 0.4) is 0 Å². The number of aliphatic carboxylic acids is 1. The number of hydrogen-bond acceptors (Lipinski definition) is 2. The smallest absolute Gasteiger partial charge is 0.308 e. The fraction of sp³-hybridized carbons (Fsp3) is 0.545. The molecule has 1 heterocycles. The Labute approximate surface area is 160 Å². The first-order valence-electron chi connectivity index (χ1n) is 9.90. The molecule has 1 amide bonds. The molecule has 0 spiro atoms. The molecule has 4 nitrogen and oxygen atoms in total. The summed E-state index contributed by atoms with van der Waals surface area (Å²) in [7, 11) is 0. The van der Waals surface area contributed by atoms with Crippen LogP contribution in [0.15, 0.2) is 29.8 Å². The standard InChI is InChI=1S/C22H28FNO3/c1-15(11-16-7-9-20(23)10-8-16)21(25)24-13-18(12-19(14-24)22(26)27)17-5-3-2-4-6-17/h7-11,17-19H,2-6,12-14H2,1H3,(H,26,27)/b15-11+. The van der Waals surface area contributed by atoms with Crippen LogP contribution in [-0.2, 0) is 9.59 Å². The van der Waals surface area contributed by atoms with Crippen LogP contribution in [-0.4, -0.2) is 35.0 Å². The van der Waals surface area contributed by atoms with Crippen molar-refractivity contribution in [1.29, 1.82) is 0 Å². The van der Waals surface area contributed by atoms with Gasteiger partial charge in [0.25, 0.3) is 0 Å². The van der Waals surface area contributed by atoms with Gasteiger partial charge in [-0.05, 0) is 49.0 Å². The van der Waals surface area contributed by atoms with Crippen molar-refractivity contribution in [3.8, 4) is 0 Å². The third-order valence-electron chi connectivity index (χ3n) is 6.03. The molecule has 0 bridgehead atoms. The van der Waals surface area contributed by atoms with E-state index in [1.165, 1.54) is 31.4 Å². The van der Waals surface area contributed by atoms with Crippen LogP contribution in [0.5, 0.6) is 0 Å². The molecular formula is C22H28FNO3. The molecule has 2 atom stereocenters. The molecule has 1 aromatic rings. The molecule has 1 saturated carbocycles. The zero-order valence-electron chi connectivity index (χ0n) is 15.9. The van der Waals surface area contributed by atoms with Gasteiger partial charge in [-0.3, -0.25) is 9.59 Å². The minimum atomic E-state index is -0.812. The summed E-state index contributed by atoms with van der Waals surface area (Å²) in [5.41, 5.74) is 1.31. The van der Waals surface area contributed by atoms with Crippen molar-refractivity contribution >= 4 is 18.0 Å². The minimum absolute atomic E-state index is 0.119. The third-order valence-corrected chi connectivity index (χ3v) is 6.03. The fourth-order valence-corrected chi connectivity index (χ4v) is 4.55. The molecule has 1 aliphatic heterocycles. The van der Waals surface area contributed by atoms with E-state index in [-0.39, 0.29) is 24.2 Å². The maximum Gasteiger partial charge on any atom is 0.308 e. The summed E-state index contributed by atoms with van der Waals surface area (Å²) >= 11 is 0. The van der Waals surface area contributed by atoms with E-state index in [1.807, 2.05) is 0 Å². The Kier molecular flexibility index (Phi) is 6.30. The first kappa shape index (κ1) is 19.6. The highest BCUT2D eigenvalue weighted by molar-refractivity contribution is 5.97. The van der Waals surface area contributed by atoms with Crippen LogP contribution in [0.4, 0.5) is 4.39 Å². The van der Waals surface area contributed by atoms with Crippen LogP contribution in [0.1, 0.15) is 51.0 Å². The highest BCUT2D eigenvalue weighted by atomic mass is 19.1. The fourth-order valence-electron chi connectivity index (χ4n) is 4.55. The van der Waals surface area contributed by atoms with E-state index in [1.54, 1.807) is 30.0 Å². The van der Waals surface area contributed by atoms with Crippen molar-refractivity contribution < 1.29 is 19.1 Å². The van der Waals surface area contributed by atoms with E-state index >= 15 is 0 Å². The molecule has 1 aliphatic carbocycles. The zero-order chi connectivity index (χ0) is 19.4. The Hall–Kier alpha value is -2.17. The average Bonchev–Trinajstić information content (AvgIpc) is 2.69. The van der Waals surface area contributed by atoms with Gasteiger partial charge in [0.2, 0.25) is 5.91 Å². The van der Waals surface area contributed by atoms with Crippen LogP contribution >= 0.6 is 0 Å². The number of hydrogen-bond donors (Lipinski definition) is 1. The first-order valence-corrected chi connectivity index (χ1v) is 9.90. The van der Waals surface area contributed by atoms with Crippen molar-refractivity contribution in [2.75, 3.05) is 13.1 Å². The van der Waals surface area contributed by atoms with Crippen LogP contribution < -0.4 is 0 Å². The summed E-state index contributed by atoms with van der Waals surface area (Å²) in [5, 5.41) is 9.57. The van der Waals surface area contributed by atoms with Crippen LogP contribution in [0.25, 0.3) is 6.08 Å². The molecule has 0 radical (unpaired) electrons. The molecule has 146 valence electrons. The zero-order valence-corrected chi connectivity index (χ0v) is 15.9. The van der Waals surface area contributed by atoms with E-state index in [0.29, 0.717) is 24.5 Å². The van der Waals surface area contributed by atoms with E-state index in [0.717, 1.165) is 18.4 Å².